The van der Waals surface area contributed by atoms with Crippen molar-refractivity contribution in [2.24, 2.45) is 5.92 Å². The van der Waals surface area contributed by atoms with Gasteiger partial charge in [0.2, 0.25) is 0 Å². The van der Waals surface area contributed by atoms with Gasteiger partial charge in [-0.25, -0.2) is 9.18 Å². The quantitative estimate of drug-likeness (QED) is 0.587. The summed E-state index contributed by atoms with van der Waals surface area (Å²) < 4.78 is 13.2. The van der Waals surface area contributed by atoms with Crippen molar-refractivity contribution in [1.29, 1.82) is 0 Å². The molecule has 1 aliphatic carbocycles. The predicted octanol–water partition coefficient (Wildman–Crippen LogP) is 3.28. The summed E-state index contributed by atoms with van der Waals surface area (Å²) in [4.78, 5) is 22.6. The van der Waals surface area contributed by atoms with Gasteiger partial charge in [0, 0.05) is 5.69 Å². The first kappa shape index (κ1) is 15.6. The number of carboxylic acids is 1. The molecule has 2 amide bonds. The number of rotatable bonds is 3. The average Bonchev–Trinajstić information content (AvgIpc) is 2.84. The van der Waals surface area contributed by atoms with Crippen molar-refractivity contribution in [1.82, 2.24) is 5.32 Å². The molecule has 0 bridgehead atoms. The second-order valence-corrected chi connectivity index (χ2v) is 5.34. The van der Waals surface area contributed by atoms with E-state index in [1.165, 1.54) is 18.2 Å². The number of halogens is 3. The van der Waals surface area contributed by atoms with Gasteiger partial charge in [0.1, 0.15) is 0 Å². The number of aliphatic carboxylic acids is 1. The first-order valence-corrected chi connectivity index (χ1v) is 6.75. The molecule has 1 aliphatic rings. The van der Waals surface area contributed by atoms with E-state index in [2.05, 4.69) is 10.6 Å². The molecule has 2 atom stereocenters. The maximum Gasteiger partial charge on any atom is 0.319 e. The Morgan fingerprint density at radius 3 is 2.38 bits per heavy atom. The smallest absolute Gasteiger partial charge is 0.319 e. The molecular formula is C13H11Cl2FN2O3. The maximum atomic E-state index is 13.2. The van der Waals surface area contributed by atoms with Gasteiger partial charge in [0.05, 0.1) is 22.0 Å². The minimum Gasteiger partial charge on any atom is -0.481 e. The fourth-order valence-corrected chi connectivity index (χ4v) is 2.44. The third kappa shape index (κ3) is 3.86. The number of carbonyl (C=O) groups is 2. The highest BCUT2D eigenvalue weighted by atomic mass is 35.5. The van der Waals surface area contributed by atoms with Gasteiger partial charge in [-0.1, -0.05) is 35.4 Å². The molecular weight excluding hydrogens is 322 g/mol. The van der Waals surface area contributed by atoms with Crippen LogP contribution in [0.5, 0.6) is 0 Å². The number of benzene rings is 1. The summed E-state index contributed by atoms with van der Waals surface area (Å²) in [7, 11) is 0. The second kappa shape index (κ2) is 6.32. The Hall–Kier alpha value is -1.79. The van der Waals surface area contributed by atoms with Crippen LogP contribution in [0.4, 0.5) is 14.9 Å². The Kier molecular flexibility index (Phi) is 4.69. The number of hydrogen-bond acceptors (Lipinski definition) is 2. The molecule has 0 saturated heterocycles. The normalized spacial score (nSPS) is 20.3. The zero-order valence-electron chi connectivity index (χ0n) is 10.6. The lowest BCUT2D eigenvalue weighted by Gasteiger charge is -2.13. The number of anilines is 1. The molecule has 1 aromatic rings. The number of carboxylic acid groups (broad SMARTS) is 1. The van der Waals surface area contributed by atoms with Crippen molar-refractivity contribution < 1.29 is 19.1 Å². The molecule has 2 unspecified atom stereocenters. The molecule has 0 radical (unpaired) electrons. The van der Waals surface area contributed by atoms with Crippen LogP contribution in [0, 0.1) is 11.7 Å². The van der Waals surface area contributed by atoms with Crippen LogP contribution in [0.1, 0.15) is 6.42 Å². The van der Waals surface area contributed by atoms with Crippen LogP contribution in [0.15, 0.2) is 24.3 Å². The largest absolute Gasteiger partial charge is 0.481 e. The molecule has 2 rings (SSSR count). The minimum absolute atomic E-state index is 0.204. The lowest BCUT2D eigenvalue weighted by atomic mass is 10.1. The van der Waals surface area contributed by atoms with Gasteiger partial charge in [-0.05, 0) is 18.6 Å². The highest BCUT2D eigenvalue weighted by Gasteiger charge is 2.25. The monoisotopic (exact) mass is 332 g/mol. The van der Waals surface area contributed by atoms with E-state index < -0.39 is 23.7 Å². The zero-order chi connectivity index (χ0) is 15.6. The van der Waals surface area contributed by atoms with Crippen molar-refractivity contribution in [2.45, 2.75) is 12.5 Å². The summed E-state index contributed by atoms with van der Waals surface area (Å²) in [5.74, 6) is -2.30. The van der Waals surface area contributed by atoms with E-state index in [0.717, 1.165) is 0 Å². The van der Waals surface area contributed by atoms with Crippen molar-refractivity contribution in [3.05, 3.63) is 40.1 Å². The number of carbonyl (C=O) groups excluding carboxylic acids is 1. The van der Waals surface area contributed by atoms with E-state index in [0.29, 0.717) is 0 Å². The Balaban J connectivity index is 1.94. The zero-order valence-corrected chi connectivity index (χ0v) is 12.1. The van der Waals surface area contributed by atoms with Gasteiger partial charge in [-0.3, -0.25) is 4.79 Å². The molecule has 1 aromatic carbocycles. The summed E-state index contributed by atoms with van der Waals surface area (Å²) in [5.41, 5.74) is 0.237. The fraction of sp³-hybridized carbons (Fsp3) is 0.231. The van der Waals surface area contributed by atoms with Crippen LogP contribution < -0.4 is 10.6 Å². The lowest BCUT2D eigenvalue weighted by Crippen LogP contribution is -2.36. The molecule has 0 spiro atoms. The molecule has 0 saturated carbocycles. The van der Waals surface area contributed by atoms with Crippen molar-refractivity contribution in [2.75, 3.05) is 5.32 Å². The van der Waals surface area contributed by atoms with Crippen LogP contribution in [-0.4, -0.2) is 23.1 Å². The summed E-state index contributed by atoms with van der Waals surface area (Å²) >= 11 is 11.2. The average molecular weight is 333 g/mol. The Morgan fingerprint density at radius 1 is 1.24 bits per heavy atom. The molecule has 3 N–H and O–H groups in total. The summed E-state index contributed by atoms with van der Waals surface area (Å²) in [6, 6.07) is 1.52. The van der Waals surface area contributed by atoms with E-state index in [1.807, 2.05) is 0 Å². The van der Waals surface area contributed by atoms with E-state index >= 15 is 0 Å². The standard InChI is InChI=1S/C13H11Cl2FN2O3/c14-9-4-8(5-10(15)11(9)16)18-13(21)17-7-2-1-6(3-7)12(19)20/h1-2,4-7H,3H2,(H,19,20)(H2,17,18,21). The molecule has 0 heterocycles. The van der Waals surface area contributed by atoms with E-state index in [1.54, 1.807) is 6.08 Å². The Bertz CT molecular complexity index is 598. The highest BCUT2D eigenvalue weighted by Crippen LogP contribution is 2.27. The number of amides is 2. The second-order valence-electron chi connectivity index (χ2n) is 4.52. The SMILES string of the molecule is O=C(Nc1cc(Cl)c(F)c(Cl)c1)NC1C=CC(C(=O)O)C1. The van der Waals surface area contributed by atoms with Gasteiger partial charge in [0.25, 0.3) is 0 Å². The van der Waals surface area contributed by atoms with Crippen LogP contribution >= 0.6 is 23.2 Å². The number of nitrogens with one attached hydrogen (secondary N) is 2. The minimum atomic E-state index is -0.937. The molecule has 0 aromatic heterocycles. The van der Waals surface area contributed by atoms with Gasteiger partial charge in [-0.15, -0.1) is 0 Å². The van der Waals surface area contributed by atoms with E-state index in [-0.39, 0.29) is 28.2 Å². The third-order valence-corrected chi connectivity index (χ3v) is 3.51. The van der Waals surface area contributed by atoms with Gasteiger partial charge < -0.3 is 15.7 Å². The van der Waals surface area contributed by atoms with Crippen LogP contribution in [0.3, 0.4) is 0 Å². The summed E-state index contributed by atoms with van der Waals surface area (Å²) in [6.07, 6.45) is 3.43. The van der Waals surface area contributed by atoms with E-state index in [9.17, 15) is 14.0 Å². The first-order valence-electron chi connectivity index (χ1n) is 6.00. The Labute approximate surface area is 129 Å². The van der Waals surface area contributed by atoms with Gasteiger partial charge in [0.15, 0.2) is 5.82 Å². The van der Waals surface area contributed by atoms with E-state index in [4.69, 9.17) is 28.3 Å². The van der Waals surface area contributed by atoms with Crippen LogP contribution in [0.25, 0.3) is 0 Å². The number of urea groups is 1. The molecule has 8 heteroatoms. The fourth-order valence-electron chi connectivity index (χ4n) is 1.95. The van der Waals surface area contributed by atoms with Crippen molar-refractivity contribution in [3.63, 3.8) is 0 Å². The molecule has 5 nitrogen and oxygen atoms in total. The first-order chi connectivity index (χ1) is 9.86. The van der Waals surface area contributed by atoms with Gasteiger partial charge >= 0.3 is 12.0 Å². The van der Waals surface area contributed by atoms with Gasteiger partial charge in [-0.2, -0.15) is 0 Å². The van der Waals surface area contributed by atoms with Crippen molar-refractivity contribution >= 4 is 40.9 Å². The van der Waals surface area contributed by atoms with Crippen LogP contribution in [-0.2, 0) is 4.79 Å². The van der Waals surface area contributed by atoms with Crippen molar-refractivity contribution in [3.8, 4) is 0 Å². The molecule has 112 valence electrons. The molecule has 0 aliphatic heterocycles. The predicted molar refractivity (Wildman–Crippen MR) is 77.2 cm³/mol. The Morgan fingerprint density at radius 2 is 1.86 bits per heavy atom. The lowest BCUT2D eigenvalue weighted by molar-refractivity contribution is -0.140. The topological polar surface area (TPSA) is 78.4 Å². The summed E-state index contributed by atoms with van der Waals surface area (Å²) in [6.45, 7) is 0. The number of hydrogen-bond donors (Lipinski definition) is 3. The maximum absolute atomic E-state index is 13.2. The molecule has 0 fully saturated rings. The summed E-state index contributed by atoms with van der Waals surface area (Å²) in [5, 5.41) is 13.5. The molecule has 21 heavy (non-hydrogen) atoms. The van der Waals surface area contributed by atoms with Crippen LogP contribution in [0.2, 0.25) is 10.0 Å². The highest BCUT2D eigenvalue weighted by molar-refractivity contribution is 6.35. The third-order valence-electron chi connectivity index (χ3n) is 2.96.